The number of amides is 1. The summed E-state index contributed by atoms with van der Waals surface area (Å²) >= 11 is 1.48. The molecule has 0 saturated carbocycles. The zero-order chi connectivity index (χ0) is 19.2. The molecular weight excluding hydrogens is 366 g/mol. The van der Waals surface area contributed by atoms with Gasteiger partial charge in [0.15, 0.2) is 0 Å². The van der Waals surface area contributed by atoms with Crippen LogP contribution in [0.25, 0.3) is 6.08 Å². The predicted octanol–water partition coefficient (Wildman–Crippen LogP) is 3.27. The molecule has 1 aliphatic carbocycles. The maximum atomic E-state index is 12.2. The fraction of sp³-hybridized carbons (Fsp3) is 0.316. The van der Waals surface area contributed by atoms with Crippen LogP contribution in [0.3, 0.4) is 0 Å². The Morgan fingerprint density at radius 3 is 3.07 bits per heavy atom. The molecule has 1 aliphatic rings. The zero-order valence-electron chi connectivity index (χ0n) is 14.9. The van der Waals surface area contributed by atoms with Gasteiger partial charge in [-0.1, -0.05) is 6.07 Å². The van der Waals surface area contributed by atoms with E-state index in [-0.39, 0.29) is 11.8 Å². The Kier molecular flexibility index (Phi) is 6.08. The number of rotatable bonds is 5. The predicted molar refractivity (Wildman–Crippen MR) is 105 cm³/mol. The third-order valence-electron chi connectivity index (χ3n) is 4.36. The maximum absolute atomic E-state index is 12.2. The minimum Gasteiger partial charge on any atom is -0.438 e. The van der Waals surface area contributed by atoms with Gasteiger partial charge in [-0.15, -0.1) is 11.3 Å². The molecular formula is C19H21N3O4S. The number of nitrogens with one attached hydrogen (secondary N) is 1. The van der Waals surface area contributed by atoms with E-state index >= 15 is 0 Å². The number of thiophene rings is 1. The van der Waals surface area contributed by atoms with E-state index in [1.54, 1.807) is 18.5 Å². The highest BCUT2D eigenvalue weighted by molar-refractivity contribution is 7.17. The molecule has 2 heterocycles. The number of pyridine rings is 1. The molecule has 1 unspecified atom stereocenters. The van der Waals surface area contributed by atoms with Crippen LogP contribution in [0.1, 0.15) is 22.4 Å². The van der Waals surface area contributed by atoms with Crippen LogP contribution in [0.2, 0.25) is 0 Å². The summed E-state index contributed by atoms with van der Waals surface area (Å²) in [5, 5.41) is 3.52. The van der Waals surface area contributed by atoms with Crippen LogP contribution < -0.4 is 11.1 Å². The van der Waals surface area contributed by atoms with Gasteiger partial charge >= 0.3 is 6.16 Å². The molecule has 0 bridgehead atoms. The summed E-state index contributed by atoms with van der Waals surface area (Å²) in [6.07, 6.45) is 8.29. The molecule has 0 fully saturated rings. The Balaban J connectivity index is 1.62. The number of nitrogens with zero attached hydrogens (tertiary/aromatic N) is 1. The summed E-state index contributed by atoms with van der Waals surface area (Å²) in [5.74, 6) is -0.0154. The molecule has 0 aliphatic heterocycles. The van der Waals surface area contributed by atoms with Gasteiger partial charge in [0.25, 0.3) is 0 Å². The van der Waals surface area contributed by atoms with Crippen molar-refractivity contribution in [3.8, 4) is 0 Å². The van der Waals surface area contributed by atoms with Crippen LogP contribution in [0.5, 0.6) is 0 Å². The number of anilines is 2. The Bertz CT molecular complexity index is 848. The van der Waals surface area contributed by atoms with E-state index in [2.05, 4.69) is 15.0 Å². The summed E-state index contributed by atoms with van der Waals surface area (Å²) in [4.78, 5) is 28.4. The van der Waals surface area contributed by atoms with Crippen molar-refractivity contribution < 1.29 is 19.1 Å². The average molecular weight is 387 g/mol. The van der Waals surface area contributed by atoms with Crippen molar-refractivity contribution >= 4 is 40.2 Å². The normalized spacial score (nSPS) is 16.0. The summed E-state index contributed by atoms with van der Waals surface area (Å²) in [6, 6.07) is 3.68. The first-order chi connectivity index (χ1) is 13.1. The van der Waals surface area contributed by atoms with Crippen molar-refractivity contribution in [1.29, 1.82) is 0 Å². The standard InChI is InChI=1S/C19H21N3O4S/c1-25-19(24)26-11-13-4-6-14-15(9-13)27-18(17(14)20)22-16(23)7-5-12-3-2-8-21-10-12/h2-3,5,7-8,10,13H,4,6,9,11,20H2,1H3,(H,22,23)/b7-5+. The summed E-state index contributed by atoms with van der Waals surface area (Å²) < 4.78 is 9.55. The van der Waals surface area contributed by atoms with Gasteiger partial charge in [-0.25, -0.2) is 4.79 Å². The third-order valence-corrected chi connectivity index (χ3v) is 5.55. The maximum Gasteiger partial charge on any atom is 0.507 e. The lowest BCUT2D eigenvalue weighted by molar-refractivity contribution is -0.111. The highest BCUT2D eigenvalue weighted by atomic mass is 32.1. The number of carbonyl (C=O) groups is 2. The van der Waals surface area contributed by atoms with Crippen molar-refractivity contribution in [3.05, 3.63) is 46.6 Å². The molecule has 1 atom stereocenters. The van der Waals surface area contributed by atoms with Gasteiger partial charge in [0.1, 0.15) is 5.00 Å². The van der Waals surface area contributed by atoms with Crippen molar-refractivity contribution in [2.24, 2.45) is 5.92 Å². The molecule has 0 aromatic carbocycles. The van der Waals surface area contributed by atoms with E-state index in [4.69, 9.17) is 10.5 Å². The molecule has 0 saturated heterocycles. The second-order valence-electron chi connectivity index (χ2n) is 6.23. The van der Waals surface area contributed by atoms with Gasteiger partial charge in [0, 0.05) is 23.3 Å². The highest BCUT2D eigenvalue weighted by Crippen LogP contribution is 2.41. The lowest BCUT2D eigenvalue weighted by atomic mass is 9.89. The summed E-state index contributed by atoms with van der Waals surface area (Å²) in [5.41, 5.74) is 8.79. The van der Waals surface area contributed by atoms with E-state index in [0.717, 1.165) is 35.3 Å². The van der Waals surface area contributed by atoms with Gasteiger partial charge in [-0.3, -0.25) is 9.78 Å². The topological polar surface area (TPSA) is 104 Å². The second-order valence-corrected chi connectivity index (χ2v) is 7.33. The first-order valence-corrected chi connectivity index (χ1v) is 9.38. The summed E-state index contributed by atoms with van der Waals surface area (Å²) in [7, 11) is 1.29. The molecule has 0 radical (unpaired) electrons. The molecule has 3 N–H and O–H groups in total. The van der Waals surface area contributed by atoms with Crippen LogP contribution in [0.4, 0.5) is 15.5 Å². The zero-order valence-corrected chi connectivity index (χ0v) is 15.8. The van der Waals surface area contributed by atoms with E-state index in [1.807, 2.05) is 12.1 Å². The number of ether oxygens (including phenoxy) is 2. The van der Waals surface area contributed by atoms with Gasteiger partial charge in [-0.05, 0) is 48.4 Å². The number of fused-ring (bicyclic) bond motifs is 1. The molecule has 0 spiro atoms. The highest BCUT2D eigenvalue weighted by Gasteiger charge is 2.26. The van der Waals surface area contributed by atoms with E-state index in [9.17, 15) is 9.59 Å². The number of nitrogen functional groups attached to an aromatic ring is 1. The average Bonchev–Trinajstić information content (AvgIpc) is 3.00. The lowest BCUT2D eigenvalue weighted by Crippen LogP contribution is -2.20. The molecule has 1 amide bonds. The summed E-state index contributed by atoms with van der Waals surface area (Å²) in [6.45, 7) is 0.319. The van der Waals surface area contributed by atoms with E-state index < -0.39 is 6.16 Å². The molecule has 7 nitrogen and oxygen atoms in total. The Morgan fingerprint density at radius 2 is 2.33 bits per heavy atom. The van der Waals surface area contributed by atoms with Crippen molar-refractivity contribution in [2.75, 3.05) is 24.8 Å². The van der Waals surface area contributed by atoms with Crippen molar-refractivity contribution in [3.63, 3.8) is 0 Å². The van der Waals surface area contributed by atoms with Crippen LogP contribution in [0, 0.1) is 5.92 Å². The molecule has 8 heteroatoms. The van der Waals surface area contributed by atoms with Crippen molar-refractivity contribution in [2.45, 2.75) is 19.3 Å². The van der Waals surface area contributed by atoms with Crippen molar-refractivity contribution in [1.82, 2.24) is 4.98 Å². The van der Waals surface area contributed by atoms with Gasteiger partial charge in [-0.2, -0.15) is 0 Å². The Hall–Kier alpha value is -2.87. The number of methoxy groups -OCH3 is 1. The SMILES string of the molecule is COC(=O)OCC1CCc2c(sc(NC(=O)/C=C/c3cccnc3)c2N)C1. The molecule has 27 heavy (non-hydrogen) atoms. The fourth-order valence-corrected chi connectivity index (χ4v) is 4.24. The van der Waals surface area contributed by atoms with Gasteiger partial charge in [0.05, 0.1) is 19.4 Å². The first-order valence-electron chi connectivity index (χ1n) is 8.56. The number of hydrogen-bond acceptors (Lipinski definition) is 7. The first kappa shape index (κ1) is 18.9. The van der Waals surface area contributed by atoms with E-state index in [1.165, 1.54) is 24.5 Å². The van der Waals surface area contributed by atoms with Gasteiger partial charge in [0.2, 0.25) is 5.91 Å². The van der Waals surface area contributed by atoms with Gasteiger partial charge < -0.3 is 20.5 Å². The number of aromatic nitrogens is 1. The minimum atomic E-state index is -0.667. The quantitative estimate of drug-likeness (QED) is 0.603. The minimum absolute atomic E-state index is 0.226. The number of carbonyl (C=O) groups excluding carboxylic acids is 2. The van der Waals surface area contributed by atoms with Crippen LogP contribution >= 0.6 is 11.3 Å². The second kappa shape index (κ2) is 8.68. The smallest absolute Gasteiger partial charge is 0.438 e. The van der Waals surface area contributed by atoms with Crippen LogP contribution in [-0.2, 0) is 27.1 Å². The number of hydrogen-bond donors (Lipinski definition) is 2. The van der Waals surface area contributed by atoms with E-state index in [0.29, 0.717) is 17.3 Å². The number of nitrogens with two attached hydrogens (primary N) is 1. The molecule has 3 rings (SSSR count). The third kappa shape index (κ3) is 4.85. The Morgan fingerprint density at radius 1 is 1.48 bits per heavy atom. The Labute approximate surface area is 161 Å². The fourth-order valence-electron chi connectivity index (χ4n) is 2.96. The largest absolute Gasteiger partial charge is 0.507 e. The molecule has 142 valence electrons. The molecule has 2 aromatic rings. The van der Waals surface area contributed by atoms with Crippen LogP contribution in [-0.4, -0.2) is 30.8 Å². The molecule has 2 aromatic heterocycles. The monoisotopic (exact) mass is 387 g/mol. The lowest BCUT2D eigenvalue weighted by Gasteiger charge is -2.21. The van der Waals surface area contributed by atoms with Crippen LogP contribution in [0.15, 0.2) is 30.6 Å².